The van der Waals surface area contributed by atoms with E-state index in [0.29, 0.717) is 6.42 Å². The van der Waals surface area contributed by atoms with Crippen LogP contribution in [-0.4, -0.2) is 69.6 Å². The lowest BCUT2D eigenvalue weighted by atomic mass is 10.0. The van der Waals surface area contributed by atoms with Crippen molar-refractivity contribution in [2.45, 2.75) is 50.2 Å². The minimum Gasteiger partial charge on any atom is -0.481 e. The van der Waals surface area contributed by atoms with E-state index in [0.717, 1.165) is 16.5 Å². The molecular weight excluding hydrogens is 458 g/mol. The summed E-state index contributed by atoms with van der Waals surface area (Å²) in [6, 6.07) is 3.82. The van der Waals surface area contributed by atoms with Crippen LogP contribution in [0.1, 0.15) is 31.2 Å². The summed E-state index contributed by atoms with van der Waals surface area (Å²) >= 11 is 0. The lowest BCUT2D eigenvalue weighted by molar-refractivity contribution is -0.143. The van der Waals surface area contributed by atoms with Crippen molar-refractivity contribution in [2.24, 2.45) is 22.2 Å². The molecule has 0 fully saturated rings. The van der Waals surface area contributed by atoms with Gasteiger partial charge < -0.3 is 43.0 Å². The third-order valence-corrected chi connectivity index (χ3v) is 5.30. The molecule has 0 aliphatic rings. The Morgan fingerprint density at radius 2 is 1.69 bits per heavy atom. The number of amides is 2. The Hall–Kier alpha value is -4.13. The van der Waals surface area contributed by atoms with Crippen molar-refractivity contribution < 1.29 is 29.4 Å². The SMILES string of the molecule is NC(N)=NCCCC(N)C(=O)NC(Cc1c[nH]c2ccccc12)C(=O)NC(CCC(=O)O)C(=O)O. The number of rotatable bonds is 14. The molecule has 2 aromatic rings. The highest BCUT2D eigenvalue weighted by Crippen LogP contribution is 2.19. The molecule has 1 heterocycles. The monoisotopic (exact) mass is 489 g/mol. The number of carbonyl (C=O) groups is 4. The van der Waals surface area contributed by atoms with E-state index >= 15 is 0 Å². The predicted octanol–water partition coefficient (Wildman–Crippen LogP) is -0.990. The zero-order valence-corrected chi connectivity index (χ0v) is 19.1. The van der Waals surface area contributed by atoms with Gasteiger partial charge in [-0.15, -0.1) is 0 Å². The second-order valence-electron chi connectivity index (χ2n) is 8.01. The lowest BCUT2D eigenvalue weighted by Crippen LogP contribution is -2.55. The Morgan fingerprint density at radius 1 is 1.00 bits per heavy atom. The Labute approximate surface area is 201 Å². The number of nitrogens with zero attached hydrogens (tertiary/aromatic N) is 1. The summed E-state index contributed by atoms with van der Waals surface area (Å²) in [5.74, 6) is -4.02. The van der Waals surface area contributed by atoms with Gasteiger partial charge in [0.25, 0.3) is 0 Å². The van der Waals surface area contributed by atoms with E-state index in [2.05, 4.69) is 20.6 Å². The van der Waals surface area contributed by atoms with Gasteiger partial charge in [-0.3, -0.25) is 19.4 Å². The van der Waals surface area contributed by atoms with Gasteiger partial charge in [-0.25, -0.2) is 4.79 Å². The van der Waals surface area contributed by atoms with Crippen molar-refractivity contribution >= 4 is 40.6 Å². The molecule has 11 N–H and O–H groups in total. The predicted molar refractivity (Wildman–Crippen MR) is 128 cm³/mol. The highest BCUT2D eigenvalue weighted by atomic mass is 16.4. The summed E-state index contributed by atoms with van der Waals surface area (Å²) < 4.78 is 0. The third kappa shape index (κ3) is 8.62. The molecule has 2 rings (SSSR count). The second kappa shape index (κ2) is 12.9. The van der Waals surface area contributed by atoms with Gasteiger partial charge in [-0.05, 0) is 30.9 Å². The maximum absolute atomic E-state index is 13.0. The van der Waals surface area contributed by atoms with Gasteiger partial charge in [0.1, 0.15) is 12.1 Å². The van der Waals surface area contributed by atoms with Crippen molar-refractivity contribution in [1.82, 2.24) is 15.6 Å². The van der Waals surface area contributed by atoms with Crippen LogP contribution in [0.3, 0.4) is 0 Å². The Balaban J connectivity index is 2.17. The van der Waals surface area contributed by atoms with Crippen molar-refractivity contribution in [3.8, 4) is 0 Å². The average molecular weight is 490 g/mol. The van der Waals surface area contributed by atoms with Gasteiger partial charge >= 0.3 is 11.9 Å². The van der Waals surface area contributed by atoms with Crippen LogP contribution in [0.25, 0.3) is 10.9 Å². The molecule has 3 unspecified atom stereocenters. The number of aromatic nitrogens is 1. The molecule has 3 atom stereocenters. The van der Waals surface area contributed by atoms with Crippen LogP contribution in [-0.2, 0) is 25.6 Å². The number of guanidine groups is 1. The number of H-pyrrole nitrogens is 1. The smallest absolute Gasteiger partial charge is 0.326 e. The van der Waals surface area contributed by atoms with E-state index < -0.39 is 48.3 Å². The molecule has 0 aliphatic heterocycles. The number of benzene rings is 1. The van der Waals surface area contributed by atoms with Gasteiger partial charge in [0.15, 0.2) is 5.96 Å². The first kappa shape index (κ1) is 27.1. The van der Waals surface area contributed by atoms with Crippen LogP contribution in [0.2, 0.25) is 0 Å². The first-order chi connectivity index (χ1) is 16.6. The number of para-hydroxylation sites is 1. The van der Waals surface area contributed by atoms with E-state index in [4.69, 9.17) is 22.3 Å². The number of fused-ring (bicyclic) bond motifs is 1. The number of carboxylic acids is 2. The minimum absolute atomic E-state index is 0.0492. The summed E-state index contributed by atoms with van der Waals surface area (Å²) in [7, 11) is 0. The number of nitrogens with one attached hydrogen (secondary N) is 3. The van der Waals surface area contributed by atoms with Gasteiger partial charge in [0, 0.05) is 36.5 Å². The summed E-state index contributed by atoms with van der Waals surface area (Å²) in [5, 5.41) is 24.0. The largest absolute Gasteiger partial charge is 0.481 e. The Kier molecular flexibility index (Phi) is 10.0. The number of hydrogen-bond donors (Lipinski definition) is 8. The summed E-state index contributed by atoms with van der Waals surface area (Å²) in [6.45, 7) is 0.284. The topological polar surface area (TPSA) is 239 Å². The third-order valence-electron chi connectivity index (χ3n) is 5.30. The summed E-state index contributed by atoms with van der Waals surface area (Å²) in [4.78, 5) is 55.0. The molecule has 0 aliphatic carbocycles. The molecule has 190 valence electrons. The van der Waals surface area contributed by atoms with Crippen LogP contribution in [0.5, 0.6) is 0 Å². The molecule has 0 spiro atoms. The highest BCUT2D eigenvalue weighted by Gasteiger charge is 2.29. The van der Waals surface area contributed by atoms with Crippen molar-refractivity contribution in [2.75, 3.05) is 6.54 Å². The maximum atomic E-state index is 13.0. The standard InChI is InChI=1S/C22H31N7O6/c23-14(5-3-9-26-22(24)25)19(32)29-17(10-12-11-27-15-6-2-1-4-13(12)15)20(33)28-16(21(34)35)7-8-18(30)31/h1-2,4,6,11,14,16-17,27H,3,5,7-10,23H2,(H,28,33)(H,29,32)(H,30,31)(H,34,35)(H4,24,25,26). The Morgan fingerprint density at radius 3 is 2.34 bits per heavy atom. The number of nitrogens with two attached hydrogens (primary N) is 3. The molecular formula is C22H31N7O6. The van der Waals surface area contributed by atoms with E-state index in [1.54, 1.807) is 6.20 Å². The number of aliphatic imine (C=N–C) groups is 1. The molecule has 35 heavy (non-hydrogen) atoms. The maximum Gasteiger partial charge on any atom is 0.326 e. The number of carbonyl (C=O) groups excluding carboxylic acids is 2. The van der Waals surface area contributed by atoms with Gasteiger partial charge in [-0.1, -0.05) is 18.2 Å². The zero-order chi connectivity index (χ0) is 26.0. The van der Waals surface area contributed by atoms with Gasteiger partial charge in [0.05, 0.1) is 6.04 Å². The lowest BCUT2D eigenvalue weighted by Gasteiger charge is -2.23. The van der Waals surface area contributed by atoms with Gasteiger partial charge in [-0.2, -0.15) is 0 Å². The first-order valence-electron chi connectivity index (χ1n) is 11.0. The molecule has 0 saturated carbocycles. The summed E-state index contributed by atoms with van der Waals surface area (Å²) in [5.41, 5.74) is 18.0. The Bertz CT molecular complexity index is 1080. The van der Waals surface area contributed by atoms with Crippen LogP contribution in [0, 0.1) is 0 Å². The second-order valence-corrected chi connectivity index (χ2v) is 8.01. The van der Waals surface area contributed by atoms with Crippen LogP contribution in [0.4, 0.5) is 0 Å². The van der Waals surface area contributed by atoms with E-state index in [1.807, 2.05) is 24.3 Å². The number of carboxylic acid groups (broad SMARTS) is 2. The van der Waals surface area contributed by atoms with Crippen LogP contribution >= 0.6 is 0 Å². The fourth-order valence-corrected chi connectivity index (χ4v) is 3.46. The van der Waals surface area contributed by atoms with Gasteiger partial charge in [0.2, 0.25) is 11.8 Å². The fourth-order valence-electron chi connectivity index (χ4n) is 3.46. The fraction of sp³-hybridized carbons (Fsp3) is 0.409. The van der Waals surface area contributed by atoms with Crippen LogP contribution < -0.4 is 27.8 Å². The molecule has 1 aromatic heterocycles. The molecule has 13 heteroatoms. The molecule has 0 bridgehead atoms. The normalized spacial score (nSPS) is 13.4. The first-order valence-corrected chi connectivity index (χ1v) is 11.0. The molecule has 0 saturated heterocycles. The minimum atomic E-state index is -1.44. The molecule has 0 radical (unpaired) electrons. The van der Waals surface area contributed by atoms with Crippen LogP contribution in [0.15, 0.2) is 35.5 Å². The number of hydrogen-bond acceptors (Lipinski definition) is 6. The van der Waals surface area contributed by atoms with E-state index in [9.17, 15) is 24.3 Å². The average Bonchev–Trinajstić information content (AvgIpc) is 3.21. The van der Waals surface area contributed by atoms with Crippen molar-refractivity contribution in [3.05, 3.63) is 36.0 Å². The highest BCUT2D eigenvalue weighted by molar-refractivity contribution is 5.93. The van der Waals surface area contributed by atoms with Crippen molar-refractivity contribution in [1.29, 1.82) is 0 Å². The van der Waals surface area contributed by atoms with Crippen molar-refractivity contribution in [3.63, 3.8) is 0 Å². The zero-order valence-electron chi connectivity index (χ0n) is 19.1. The quantitative estimate of drug-likeness (QED) is 0.0921. The number of aliphatic carboxylic acids is 2. The van der Waals surface area contributed by atoms with E-state index in [-0.39, 0.29) is 31.8 Å². The molecule has 13 nitrogen and oxygen atoms in total. The number of aromatic amines is 1. The molecule has 1 aromatic carbocycles. The van der Waals surface area contributed by atoms with E-state index in [1.165, 1.54) is 0 Å². The molecule has 2 amide bonds. The summed E-state index contributed by atoms with van der Waals surface area (Å²) in [6.07, 6.45) is 1.67.